The van der Waals surface area contributed by atoms with Crippen LogP contribution in [0.25, 0.3) is 0 Å². The van der Waals surface area contributed by atoms with Crippen LogP contribution >= 0.6 is 11.3 Å². The number of thiophene rings is 1. The Morgan fingerprint density at radius 1 is 1.48 bits per heavy atom. The number of nitrogens with one attached hydrogen (secondary N) is 1. The molecule has 1 unspecified atom stereocenters. The van der Waals surface area contributed by atoms with E-state index in [-0.39, 0.29) is 24.1 Å². The predicted octanol–water partition coefficient (Wildman–Crippen LogP) is 2.69. The maximum Gasteiger partial charge on any atom is 0.253 e. The van der Waals surface area contributed by atoms with Crippen LogP contribution in [-0.2, 0) is 0 Å². The summed E-state index contributed by atoms with van der Waals surface area (Å²) < 4.78 is 13.4. The highest BCUT2D eigenvalue weighted by atomic mass is 32.1. The first-order chi connectivity index (χ1) is 10.1. The Hall–Kier alpha value is -2.16. The Bertz CT molecular complexity index is 686. The maximum atomic E-state index is 13.4. The van der Waals surface area contributed by atoms with Crippen molar-refractivity contribution < 1.29 is 9.18 Å². The molecule has 2 aromatic rings. The zero-order valence-electron chi connectivity index (χ0n) is 11.5. The third kappa shape index (κ3) is 3.91. The van der Waals surface area contributed by atoms with Crippen molar-refractivity contribution >= 4 is 17.2 Å². The summed E-state index contributed by atoms with van der Waals surface area (Å²) >= 11 is 1.56. The molecule has 0 aliphatic carbocycles. The minimum Gasteiger partial charge on any atom is -0.345 e. The molecule has 21 heavy (non-hydrogen) atoms. The normalized spacial score (nSPS) is 11.4. The lowest BCUT2D eigenvalue weighted by molar-refractivity contribution is 0.0940. The zero-order valence-corrected chi connectivity index (χ0v) is 12.3. The number of rotatable bonds is 3. The van der Waals surface area contributed by atoms with E-state index in [2.05, 4.69) is 17.2 Å². The molecule has 3 nitrogen and oxygen atoms in total. The Labute approximate surface area is 127 Å². The molecule has 0 bridgehead atoms. The second-order valence-electron chi connectivity index (χ2n) is 4.41. The molecule has 1 aromatic carbocycles. The molecule has 1 amide bonds. The predicted molar refractivity (Wildman–Crippen MR) is 82.5 cm³/mol. The van der Waals surface area contributed by atoms with Crippen molar-refractivity contribution in [3.8, 4) is 11.8 Å². The van der Waals surface area contributed by atoms with Gasteiger partial charge in [-0.2, -0.15) is 0 Å². The maximum absolute atomic E-state index is 13.4. The van der Waals surface area contributed by atoms with Crippen molar-refractivity contribution in [3.05, 3.63) is 57.5 Å². The summed E-state index contributed by atoms with van der Waals surface area (Å²) in [5.41, 5.74) is 6.02. The Morgan fingerprint density at radius 3 is 2.95 bits per heavy atom. The zero-order chi connectivity index (χ0) is 15.2. The lowest BCUT2D eigenvalue weighted by Crippen LogP contribution is -2.27. The molecule has 1 aromatic heterocycles. The van der Waals surface area contributed by atoms with Crippen LogP contribution in [0.2, 0.25) is 0 Å². The fraction of sp³-hybridized carbons (Fsp3) is 0.188. The molecule has 0 fully saturated rings. The average molecular weight is 302 g/mol. The minimum absolute atomic E-state index is 0.143. The lowest BCUT2D eigenvalue weighted by Gasteiger charge is -2.13. The highest BCUT2D eigenvalue weighted by Crippen LogP contribution is 2.19. The second-order valence-corrected chi connectivity index (χ2v) is 5.39. The van der Waals surface area contributed by atoms with E-state index in [1.54, 1.807) is 11.3 Å². The number of benzene rings is 1. The standard InChI is InChI=1S/C16H15FN2OS/c1-11(15-5-3-9-21-15)19-16(20)14-10-13(17)7-6-12(14)4-2-8-18/h3,5-7,9-11H,8,18H2,1H3,(H,19,20). The van der Waals surface area contributed by atoms with Gasteiger partial charge in [-0.15, -0.1) is 11.3 Å². The SMILES string of the molecule is CC(NC(=O)c1cc(F)ccc1C#CCN)c1cccs1. The topological polar surface area (TPSA) is 55.1 Å². The van der Waals surface area contributed by atoms with Crippen LogP contribution in [0.3, 0.4) is 0 Å². The molecule has 0 radical (unpaired) electrons. The van der Waals surface area contributed by atoms with Crippen LogP contribution in [0, 0.1) is 17.7 Å². The van der Waals surface area contributed by atoms with Crippen LogP contribution in [0.4, 0.5) is 4.39 Å². The fourth-order valence-corrected chi connectivity index (χ4v) is 2.58. The summed E-state index contributed by atoms with van der Waals surface area (Å²) in [5.74, 6) is 4.65. The van der Waals surface area contributed by atoms with Gasteiger partial charge in [-0.3, -0.25) is 4.79 Å². The quantitative estimate of drug-likeness (QED) is 0.857. The lowest BCUT2D eigenvalue weighted by atomic mass is 10.1. The first-order valence-electron chi connectivity index (χ1n) is 6.44. The number of hydrogen-bond donors (Lipinski definition) is 2. The van der Waals surface area contributed by atoms with Crippen molar-refractivity contribution in [2.75, 3.05) is 6.54 Å². The number of carbonyl (C=O) groups is 1. The van der Waals surface area contributed by atoms with E-state index < -0.39 is 5.82 Å². The van der Waals surface area contributed by atoms with E-state index in [1.807, 2.05) is 24.4 Å². The molecular formula is C16H15FN2OS. The monoisotopic (exact) mass is 302 g/mol. The van der Waals surface area contributed by atoms with E-state index in [0.717, 1.165) is 4.88 Å². The van der Waals surface area contributed by atoms with Gasteiger partial charge in [0.15, 0.2) is 0 Å². The number of halogens is 1. The number of carbonyl (C=O) groups excluding carboxylic acids is 1. The van der Waals surface area contributed by atoms with Crippen LogP contribution < -0.4 is 11.1 Å². The largest absolute Gasteiger partial charge is 0.345 e. The molecule has 1 atom stereocenters. The van der Waals surface area contributed by atoms with E-state index in [0.29, 0.717) is 5.56 Å². The number of nitrogens with two attached hydrogens (primary N) is 1. The summed E-state index contributed by atoms with van der Waals surface area (Å²) in [6, 6.07) is 7.68. The van der Waals surface area contributed by atoms with E-state index in [9.17, 15) is 9.18 Å². The molecule has 2 rings (SSSR count). The van der Waals surface area contributed by atoms with E-state index in [1.165, 1.54) is 18.2 Å². The van der Waals surface area contributed by atoms with Gasteiger partial charge in [0.25, 0.3) is 5.91 Å². The Kier molecular flexibility index (Phi) is 5.09. The number of amides is 1. The van der Waals surface area contributed by atoms with Crippen LogP contribution in [0.1, 0.15) is 33.8 Å². The molecule has 0 aliphatic heterocycles. The summed E-state index contributed by atoms with van der Waals surface area (Å²) in [4.78, 5) is 13.4. The van der Waals surface area contributed by atoms with Crippen molar-refractivity contribution in [3.63, 3.8) is 0 Å². The summed E-state index contributed by atoms with van der Waals surface area (Å²) in [6.45, 7) is 2.07. The van der Waals surface area contributed by atoms with Crippen LogP contribution in [0.5, 0.6) is 0 Å². The van der Waals surface area contributed by atoms with Crippen molar-refractivity contribution in [2.45, 2.75) is 13.0 Å². The third-order valence-electron chi connectivity index (χ3n) is 2.87. The summed E-state index contributed by atoms with van der Waals surface area (Å²) in [6.07, 6.45) is 0. The van der Waals surface area contributed by atoms with Gasteiger partial charge in [0, 0.05) is 10.4 Å². The van der Waals surface area contributed by atoms with Crippen molar-refractivity contribution in [1.82, 2.24) is 5.32 Å². The Balaban J connectivity index is 2.24. The van der Waals surface area contributed by atoms with Gasteiger partial charge >= 0.3 is 0 Å². The molecule has 0 aliphatic rings. The van der Waals surface area contributed by atoms with Gasteiger partial charge < -0.3 is 11.1 Å². The third-order valence-corrected chi connectivity index (χ3v) is 3.92. The molecule has 108 valence electrons. The molecule has 5 heteroatoms. The molecular weight excluding hydrogens is 287 g/mol. The van der Waals surface area contributed by atoms with Gasteiger partial charge in [0.05, 0.1) is 18.2 Å². The molecule has 0 saturated carbocycles. The van der Waals surface area contributed by atoms with Gasteiger partial charge in [-0.25, -0.2) is 4.39 Å². The van der Waals surface area contributed by atoms with Crippen LogP contribution in [0.15, 0.2) is 35.7 Å². The molecule has 3 N–H and O–H groups in total. The van der Waals surface area contributed by atoms with Crippen LogP contribution in [-0.4, -0.2) is 12.5 Å². The Morgan fingerprint density at radius 2 is 2.29 bits per heavy atom. The fourth-order valence-electron chi connectivity index (χ4n) is 1.84. The first-order valence-corrected chi connectivity index (χ1v) is 7.32. The average Bonchev–Trinajstić information content (AvgIpc) is 3.00. The van der Waals surface area contributed by atoms with Gasteiger partial charge in [0.2, 0.25) is 0 Å². The highest BCUT2D eigenvalue weighted by molar-refractivity contribution is 7.10. The molecule has 0 saturated heterocycles. The second kappa shape index (κ2) is 7.02. The van der Waals surface area contributed by atoms with Gasteiger partial charge in [-0.1, -0.05) is 17.9 Å². The smallest absolute Gasteiger partial charge is 0.253 e. The number of hydrogen-bond acceptors (Lipinski definition) is 3. The molecule has 1 heterocycles. The first kappa shape index (κ1) is 15.2. The summed E-state index contributed by atoms with van der Waals surface area (Å²) in [5, 5.41) is 4.79. The summed E-state index contributed by atoms with van der Waals surface area (Å²) in [7, 11) is 0. The van der Waals surface area contributed by atoms with E-state index >= 15 is 0 Å². The highest BCUT2D eigenvalue weighted by Gasteiger charge is 2.15. The minimum atomic E-state index is -0.470. The van der Waals surface area contributed by atoms with Gasteiger partial charge in [0.1, 0.15) is 5.82 Å². The van der Waals surface area contributed by atoms with E-state index in [4.69, 9.17) is 5.73 Å². The molecule has 0 spiro atoms. The van der Waals surface area contributed by atoms with Gasteiger partial charge in [-0.05, 0) is 36.6 Å². The van der Waals surface area contributed by atoms with Crippen molar-refractivity contribution in [2.24, 2.45) is 5.73 Å². The van der Waals surface area contributed by atoms with Crippen molar-refractivity contribution in [1.29, 1.82) is 0 Å².